The van der Waals surface area contributed by atoms with Crippen LogP contribution in [0.2, 0.25) is 0 Å². The molecule has 0 heterocycles. The summed E-state index contributed by atoms with van der Waals surface area (Å²) in [6, 6.07) is 7.59. The zero-order chi connectivity index (χ0) is 14.6. The van der Waals surface area contributed by atoms with E-state index in [-0.39, 0.29) is 10.9 Å². The second kappa shape index (κ2) is 6.02. The van der Waals surface area contributed by atoms with Crippen molar-refractivity contribution in [2.75, 3.05) is 14.2 Å². The number of nitrogens with two attached hydrogens (primary N) is 1. The maximum absolute atomic E-state index is 12.3. The average Bonchev–Trinajstić information content (AvgIpc) is 2.38. The van der Waals surface area contributed by atoms with Crippen molar-refractivity contribution in [1.29, 1.82) is 0 Å². The molecule has 0 bridgehead atoms. The van der Waals surface area contributed by atoms with Crippen molar-refractivity contribution in [2.45, 2.75) is 20.4 Å². The van der Waals surface area contributed by atoms with Gasteiger partial charge in [-0.1, -0.05) is 24.4 Å². The number of thiocarbonyl (C=S) groups is 1. The molecule has 104 valence electrons. The maximum atomic E-state index is 12.3. The summed E-state index contributed by atoms with van der Waals surface area (Å²) in [7, 11) is 3.36. The molecule has 0 atom stereocenters. The largest absolute Gasteiger partial charge is 0.497 e. The van der Waals surface area contributed by atoms with Crippen molar-refractivity contribution in [1.82, 2.24) is 4.90 Å². The van der Waals surface area contributed by atoms with Crippen LogP contribution in [-0.2, 0) is 11.3 Å². The highest BCUT2D eigenvalue weighted by atomic mass is 32.1. The van der Waals surface area contributed by atoms with Gasteiger partial charge in [0.15, 0.2) is 0 Å². The second-order valence-electron chi connectivity index (χ2n) is 5.00. The lowest BCUT2D eigenvalue weighted by molar-refractivity contribution is -0.136. The number of carbonyl (C=O) groups is 1. The number of hydrogen-bond acceptors (Lipinski definition) is 3. The smallest absolute Gasteiger partial charge is 0.235 e. The summed E-state index contributed by atoms with van der Waals surface area (Å²) in [6.45, 7) is 3.99. The lowest BCUT2D eigenvalue weighted by Crippen LogP contribution is -2.45. The van der Waals surface area contributed by atoms with Gasteiger partial charge in [-0.05, 0) is 31.5 Å². The zero-order valence-corrected chi connectivity index (χ0v) is 12.6. The standard InChI is InChI=1S/C14H20N2O2S/c1-14(2,12(15)19)13(17)16(3)9-10-5-7-11(18-4)8-6-10/h5-8H,9H2,1-4H3,(H2,15,19). The first-order valence-corrected chi connectivity index (χ1v) is 6.38. The summed E-state index contributed by atoms with van der Waals surface area (Å²) in [5.41, 5.74) is 5.81. The fourth-order valence-electron chi connectivity index (χ4n) is 1.66. The van der Waals surface area contributed by atoms with E-state index in [2.05, 4.69) is 0 Å². The van der Waals surface area contributed by atoms with Crippen LogP contribution in [0.15, 0.2) is 24.3 Å². The lowest BCUT2D eigenvalue weighted by atomic mass is 9.91. The van der Waals surface area contributed by atoms with E-state index in [1.165, 1.54) is 0 Å². The van der Waals surface area contributed by atoms with Gasteiger partial charge in [0.25, 0.3) is 0 Å². The molecule has 0 saturated heterocycles. The van der Waals surface area contributed by atoms with E-state index in [0.717, 1.165) is 11.3 Å². The van der Waals surface area contributed by atoms with Crippen LogP contribution in [0, 0.1) is 5.41 Å². The molecule has 0 aliphatic heterocycles. The third-order valence-corrected chi connectivity index (χ3v) is 3.59. The van der Waals surface area contributed by atoms with Crippen molar-refractivity contribution in [2.24, 2.45) is 11.1 Å². The SMILES string of the molecule is COc1ccc(CN(C)C(=O)C(C)(C)C(N)=S)cc1. The maximum Gasteiger partial charge on any atom is 0.235 e. The second-order valence-corrected chi connectivity index (χ2v) is 5.44. The number of carbonyl (C=O) groups excluding carboxylic acids is 1. The molecule has 1 amide bonds. The Morgan fingerprint density at radius 1 is 1.37 bits per heavy atom. The molecule has 4 nitrogen and oxygen atoms in total. The molecule has 19 heavy (non-hydrogen) atoms. The van der Waals surface area contributed by atoms with E-state index >= 15 is 0 Å². The highest BCUT2D eigenvalue weighted by Gasteiger charge is 2.33. The molecule has 1 aromatic carbocycles. The van der Waals surface area contributed by atoms with Gasteiger partial charge in [-0.2, -0.15) is 0 Å². The molecule has 0 fully saturated rings. The first-order chi connectivity index (χ1) is 8.78. The Morgan fingerprint density at radius 3 is 2.32 bits per heavy atom. The predicted octanol–water partition coefficient (Wildman–Crippen LogP) is 1.97. The highest BCUT2D eigenvalue weighted by Crippen LogP contribution is 2.20. The number of amides is 1. The van der Waals surface area contributed by atoms with Crippen LogP contribution in [-0.4, -0.2) is 30.0 Å². The Balaban J connectivity index is 2.76. The van der Waals surface area contributed by atoms with Crippen molar-refractivity contribution >= 4 is 23.1 Å². The summed E-state index contributed by atoms with van der Waals surface area (Å²) in [5, 5.41) is 0. The third-order valence-electron chi connectivity index (χ3n) is 3.08. The number of benzene rings is 1. The Hall–Kier alpha value is -1.62. The van der Waals surface area contributed by atoms with Crippen molar-refractivity contribution in [3.05, 3.63) is 29.8 Å². The van der Waals surface area contributed by atoms with Gasteiger partial charge in [-0.25, -0.2) is 0 Å². The van der Waals surface area contributed by atoms with E-state index in [9.17, 15) is 4.79 Å². The van der Waals surface area contributed by atoms with Crippen LogP contribution >= 0.6 is 12.2 Å². The zero-order valence-electron chi connectivity index (χ0n) is 11.8. The fraction of sp³-hybridized carbons (Fsp3) is 0.429. The van der Waals surface area contributed by atoms with E-state index in [1.807, 2.05) is 24.3 Å². The first-order valence-electron chi connectivity index (χ1n) is 5.97. The normalized spacial score (nSPS) is 10.9. The minimum atomic E-state index is -0.823. The van der Waals surface area contributed by atoms with Crippen LogP contribution < -0.4 is 10.5 Å². The summed E-state index contributed by atoms with van der Waals surface area (Å²) in [4.78, 5) is 14.1. The number of methoxy groups -OCH3 is 1. The molecule has 1 rings (SSSR count). The van der Waals surface area contributed by atoms with Crippen molar-refractivity contribution in [3.8, 4) is 5.75 Å². The summed E-state index contributed by atoms with van der Waals surface area (Å²) in [6.07, 6.45) is 0. The predicted molar refractivity (Wildman–Crippen MR) is 80.0 cm³/mol. The molecule has 0 radical (unpaired) electrons. The van der Waals surface area contributed by atoms with E-state index in [4.69, 9.17) is 22.7 Å². The van der Waals surface area contributed by atoms with E-state index < -0.39 is 5.41 Å². The first kappa shape index (κ1) is 15.4. The van der Waals surface area contributed by atoms with Gasteiger partial charge in [-0.15, -0.1) is 0 Å². The van der Waals surface area contributed by atoms with Gasteiger partial charge >= 0.3 is 0 Å². The number of ether oxygens (including phenoxy) is 1. The highest BCUT2D eigenvalue weighted by molar-refractivity contribution is 7.80. The molecule has 5 heteroatoms. The summed E-state index contributed by atoms with van der Waals surface area (Å²) < 4.78 is 5.09. The van der Waals surface area contributed by atoms with Crippen LogP contribution in [0.25, 0.3) is 0 Å². The molecule has 0 aliphatic rings. The minimum Gasteiger partial charge on any atom is -0.497 e. The van der Waals surface area contributed by atoms with E-state index in [1.54, 1.807) is 32.9 Å². The molecule has 0 spiro atoms. The van der Waals surface area contributed by atoms with Crippen molar-refractivity contribution < 1.29 is 9.53 Å². The Kier molecular flexibility index (Phi) is 4.89. The number of rotatable bonds is 5. The lowest BCUT2D eigenvalue weighted by Gasteiger charge is -2.28. The molecular weight excluding hydrogens is 260 g/mol. The molecule has 0 aliphatic carbocycles. The van der Waals surface area contributed by atoms with Gasteiger partial charge in [0, 0.05) is 13.6 Å². The average molecular weight is 280 g/mol. The van der Waals surface area contributed by atoms with Crippen LogP contribution in [0.5, 0.6) is 5.75 Å². The molecule has 1 aromatic rings. The summed E-state index contributed by atoms with van der Waals surface area (Å²) >= 11 is 4.94. The Labute approximate surface area is 119 Å². The molecule has 0 unspecified atom stereocenters. The van der Waals surface area contributed by atoms with E-state index in [0.29, 0.717) is 6.54 Å². The molecule has 0 saturated carbocycles. The van der Waals surface area contributed by atoms with Gasteiger partial charge < -0.3 is 15.4 Å². The third kappa shape index (κ3) is 3.67. The Morgan fingerprint density at radius 2 is 1.89 bits per heavy atom. The van der Waals surface area contributed by atoms with Crippen LogP contribution in [0.3, 0.4) is 0 Å². The van der Waals surface area contributed by atoms with Gasteiger partial charge in [0.2, 0.25) is 5.91 Å². The molecular formula is C14H20N2O2S. The Bertz CT molecular complexity index is 469. The minimum absolute atomic E-state index is 0.0872. The van der Waals surface area contributed by atoms with Crippen LogP contribution in [0.1, 0.15) is 19.4 Å². The number of hydrogen-bond donors (Lipinski definition) is 1. The molecule has 0 aromatic heterocycles. The summed E-state index contributed by atoms with van der Waals surface area (Å²) in [5.74, 6) is 0.706. The van der Waals surface area contributed by atoms with Gasteiger partial charge in [0.1, 0.15) is 5.75 Å². The van der Waals surface area contributed by atoms with Crippen molar-refractivity contribution in [3.63, 3.8) is 0 Å². The quantitative estimate of drug-likeness (QED) is 0.838. The number of nitrogens with zero attached hydrogens (tertiary/aromatic N) is 1. The fourth-order valence-corrected chi connectivity index (χ4v) is 1.75. The van der Waals surface area contributed by atoms with Gasteiger partial charge in [0.05, 0.1) is 17.5 Å². The molecule has 2 N–H and O–H groups in total. The van der Waals surface area contributed by atoms with Gasteiger partial charge in [-0.3, -0.25) is 4.79 Å². The van der Waals surface area contributed by atoms with Crippen LogP contribution in [0.4, 0.5) is 0 Å². The monoisotopic (exact) mass is 280 g/mol. The topological polar surface area (TPSA) is 55.6 Å².